The predicted molar refractivity (Wildman–Crippen MR) is 114 cm³/mol. The van der Waals surface area contributed by atoms with Crippen LogP contribution in [0.2, 0.25) is 0 Å². The van der Waals surface area contributed by atoms with Gasteiger partial charge in [-0.15, -0.1) is 0 Å². The van der Waals surface area contributed by atoms with Crippen molar-refractivity contribution in [2.24, 2.45) is 0 Å². The van der Waals surface area contributed by atoms with E-state index in [-0.39, 0.29) is 10.8 Å². The predicted octanol–water partition coefficient (Wildman–Crippen LogP) is 4.45. The van der Waals surface area contributed by atoms with Crippen LogP contribution in [0.4, 0.5) is 11.4 Å². The van der Waals surface area contributed by atoms with Crippen molar-refractivity contribution < 1.29 is 17.9 Å². The van der Waals surface area contributed by atoms with E-state index in [1.165, 1.54) is 0 Å². The molecule has 6 nitrogen and oxygen atoms in total. The lowest BCUT2D eigenvalue weighted by molar-refractivity contribution is 0.102. The second kappa shape index (κ2) is 8.79. The number of benzene rings is 3. The van der Waals surface area contributed by atoms with Gasteiger partial charge in [0.25, 0.3) is 15.9 Å². The van der Waals surface area contributed by atoms with E-state index in [2.05, 4.69) is 10.0 Å². The molecule has 0 spiro atoms. The summed E-state index contributed by atoms with van der Waals surface area (Å²) in [4.78, 5) is 12.5. The van der Waals surface area contributed by atoms with Gasteiger partial charge >= 0.3 is 0 Å². The quantitative estimate of drug-likeness (QED) is 0.603. The van der Waals surface area contributed by atoms with Crippen LogP contribution in [0.15, 0.2) is 77.7 Å². The Bertz CT molecular complexity index is 1080. The number of hydrogen-bond acceptors (Lipinski definition) is 4. The molecule has 0 aliphatic carbocycles. The van der Waals surface area contributed by atoms with E-state index >= 15 is 0 Å². The molecule has 3 rings (SSSR count). The van der Waals surface area contributed by atoms with E-state index in [0.717, 1.165) is 5.56 Å². The Balaban J connectivity index is 1.65. The molecule has 0 fully saturated rings. The molecule has 0 saturated heterocycles. The number of amides is 1. The summed E-state index contributed by atoms with van der Waals surface area (Å²) in [7, 11) is -3.67. The molecule has 0 radical (unpaired) electrons. The van der Waals surface area contributed by atoms with Crippen molar-refractivity contribution in [2.75, 3.05) is 16.6 Å². The number of carbonyl (C=O) groups is 1. The lowest BCUT2D eigenvalue weighted by Gasteiger charge is -2.10. The maximum atomic E-state index is 12.4. The first-order valence-corrected chi connectivity index (χ1v) is 10.6. The fourth-order valence-electron chi connectivity index (χ4n) is 2.63. The number of carbonyl (C=O) groups excluding carboxylic acids is 1. The molecule has 0 unspecified atom stereocenters. The Morgan fingerprint density at radius 2 is 1.45 bits per heavy atom. The molecule has 7 heteroatoms. The number of rotatable bonds is 7. The minimum Gasteiger partial charge on any atom is -0.494 e. The van der Waals surface area contributed by atoms with Crippen LogP contribution < -0.4 is 14.8 Å². The summed E-state index contributed by atoms with van der Waals surface area (Å²) in [5.74, 6) is 0.440. The van der Waals surface area contributed by atoms with Crippen molar-refractivity contribution in [2.45, 2.75) is 18.7 Å². The third kappa shape index (κ3) is 5.36. The molecule has 0 aliphatic heterocycles. The van der Waals surface area contributed by atoms with Gasteiger partial charge in [-0.3, -0.25) is 9.52 Å². The summed E-state index contributed by atoms with van der Waals surface area (Å²) in [5.41, 5.74) is 2.45. The smallest absolute Gasteiger partial charge is 0.261 e. The van der Waals surface area contributed by atoms with Crippen LogP contribution in [0, 0.1) is 6.92 Å². The highest BCUT2D eigenvalue weighted by molar-refractivity contribution is 7.92. The number of nitrogens with one attached hydrogen (secondary N) is 2. The number of anilines is 2. The van der Waals surface area contributed by atoms with Gasteiger partial charge in [-0.05, 0) is 74.5 Å². The fourth-order valence-corrected chi connectivity index (χ4v) is 3.68. The van der Waals surface area contributed by atoms with Crippen LogP contribution in [-0.4, -0.2) is 20.9 Å². The summed E-state index contributed by atoms with van der Waals surface area (Å²) < 4.78 is 32.8. The summed E-state index contributed by atoms with van der Waals surface area (Å²) in [6.07, 6.45) is 0. The zero-order valence-electron chi connectivity index (χ0n) is 16.2. The fraction of sp³-hybridized carbons (Fsp3) is 0.136. The average molecular weight is 410 g/mol. The Labute approximate surface area is 170 Å². The second-order valence-corrected chi connectivity index (χ2v) is 8.09. The first-order chi connectivity index (χ1) is 13.9. The SMILES string of the molecule is CCOc1ccc(C(=O)Nc2ccc(NS(=O)(=O)c3ccc(C)cc3)cc2)cc1. The molecule has 0 aromatic heterocycles. The lowest BCUT2D eigenvalue weighted by Crippen LogP contribution is -2.14. The molecule has 3 aromatic carbocycles. The molecule has 29 heavy (non-hydrogen) atoms. The van der Waals surface area contributed by atoms with Gasteiger partial charge in [0, 0.05) is 16.9 Å². The molecule has 0 bridgehead atoms. The number of aryl methyl sites for hydroxylation is 1. The highest BCUT2D eigenvalue weighted by atomic mass is 32.2. The van der Waals surface area contributed by atoms with E-state index in [4.69, 9.17) is 4.74 Å². The van der Waals surface area contributed by atoms with Crippen LogP contribution in [0.1, 0.15) is 22.8 Å². The van der Waals surface area contributed by atoms with Crippen LogP contribution >= 0.6 is 0 Å². The van der Waals surface area contributed by atoms with E-state index in [0.29, 0.717) is 29.3 Å². The number of sulfonamides is 1. The third-order valence-electron chi connectivity index (χ3n) is 4.15. The summed E-state index contributed by atoms with van der Waals surface area (Å²) in [6.45, 7) is 4.35. The molecule has 0 saturated carbocycles. The largest absolute Gasteiger partial charge is 0.494 e. The molecule has 1 amide bonds. The molecule has 0 atom stereocenters. The third-order valence-corrected chi connectivity index (χ3v) is 5.55. The Morgan fingerprint density at radius 1 is 0.862 bits per heavy atom. The van der Waals surface area contributed by atoms with Crippen molar-refractivity contribution in [3.63, 3.8) is 0 Å². The minimum atomic E-state index is -3.67. The molecule has 0 aliphatic rings. The Kier molecular flexibility index (Phi) is 6.19. The van der Waals surface area contributed by atoms with Crippen molar-refractivity contribution in [1.82, 2.24) is 0 Å². The standard InChI is InChI=1S/C22H22N2O4S/c1-3-28-20-12-6-17(7-13-20)22(25)23-18-8-10-19(11-9-18)24-29(26,27)21-14-4-16(2)5-15-21/h4-15,24H,3H2,1-2H3,(H,23,25). The van der Waals surface area contributed by atoms with Gasteiger partial charge in [0.05, 0.1) is 11.5 Å². The van der Waals surface area contributed by atoms with E-state index in [1.54, 1.807) is 72.8 Å². The van der Waals surface area contributed by atoms with Gasteiger partial charge in [-0.2, -0.15) is 0 Å². The maximum Gasteiger partial charge on any atom is 0.261 e. The van der Waals surface area contributed by atoms with Crippen LogP contribution in [0.3, 0.4) is 0 Å². The van der Waals surface area contributed by atoms with Crippen LogP contribution in [-0.2, 0) is 10.0 Å². The summed E-state index contributed by atoms with van der Waals surface area (Å²) >= 11 is 0. The van der Waals surface area contributed by atoms with Crippen molar-refractivity contribution in [3.8, 4) is 5.75 Å². The number of ether oxygens (including phenoxy) is 1. The Morgan fingerprint density at radius 3 is 2.03 bits per heavy atom. The Hall–Kier alpha value is -3.32. The van der Waals surface area contributed by atoms with Crippen molar-refractivity contribution >= 4 is 27.3 Å². The average Bonchev–Trinajstić information content (AvgIpc) is 2.70. The lowest BCUT2D eigenvalue weighted by atomic mass is 10.2. The highest BCUT2D eigenvalue weighted by Crippen LogP contribution is 2.20. The van der Waals surface area contributed by atoms with Crippen LogP contribution in [0.25, 0.3) is 0 Å². The first kappa shape index (κ1) is 20.4. The molecule has 3 aromatic rings. The molecule has 0 heterocycles. The van der Waals surface area contributed by atoms with E-state index < -0.39 is 10.0 Å². The van der Waals surface area contributed by atoms with Crippen LogP contribution in [0.5, 0.6) is 5.75 Å². The molecule has 2 N–H and O–H groups in total. The second-order valence-electron chi connectivity index (χ2n) is 6.41. The highest BCUT2D eigenvalue weighted by Gasteiger charge is 2.14. The number of hydrogen-bond donors (Lipinski definition) is 2. The van der Waals surface area contributed by atoms with Gasteiger partial charge in [-0.25, -0.2) is 8.42 Å². The van der Waals surface area contributed by atoms with Gasteiger partial charge in [0.15, 0.2) is 0 Å². The van der Waals surface area contributed by atoms with Crippen molar-refractivity contribution in [1.29, 1.82) is 0 Å². The molecular formula is C22H22N2O4S. The summed E-state index contributed by atoms with van der Waals surface area (Å²) in [5, 5.41) is 2.78. The van der Waals surface area contributed by atoms with Gasteiger partial charge < -0.3 is 10.1 Å². The van der Waals surface area contributed by atoms with E-state index in [1.807, 2.05) is 13.8 Å². The minimum absolute atomic E-state index is 0.191. The van der Waals surface area contributed by atoms with Gasteiger partial charge in [-0.1, -0.05) is 17.7 Å². The molecular weight excluding hydrogens is 388 g/mol. The molecule has 150 valence electrons. The van der Waals surface area contributed by atoms with Gasteiger partial charge in [0.2, 0.25) is 0 Å². The first-order valence-electron chi connectivity index (χ1n) is 9.11. The maximum absolute atomic E-state index is 12.4. The summed E-state index contributed by atoms with van der Waals surface area (Å²) in [6, 6.07) is 19.9. The zero-order valence-corrected chi connectivity index (χ0v) is 17.0. The topological polar surface area (TPSA) is 84.5 Å². The zero-order chi connectivity index (χ0) is 20.9. The van der Waals surface area contributed by atoms with Crippen molar-refractivity contribution in [3.05, 3.63) is 83.9 Å². The normalized spacial score (nSPS) is 11.0. The van der Waals surface area contributed by atoms with E-state index in [9.17, 15) is 13.2 Å². The monoisotopic (exact) mass is 410 g/mol. The van der Waals surface area contributed by atoms with Gasteiger partial charge in [0.1, 0.15) is 5.75 Å².